The molecule has 0 radical (unpaired) electrons. The summed E-state index contributed by atoms with van der Waals surface area (Å²) in [5, 5.41) is 9.46. The molecule has 0 amide bonds. The molecule has 0 fully saturated rings. The van der Waals surface area contributed by atoms with Crippen LogP contribution in [0, 0.1) is 0 Å². The average molecular weight is 789 g/mol. The van der Waals surface area contributed by atoms with Crippen LogP contribution in [0.1, 0.15) is 30.0 Å². The van der Waals surface area contributed by atoms with Crippen molar-refractivity contribution in [2.45, 2.75) is 26.2 Å². The molecule has 9 aromatic rings. The number of hydrogen-bond donors (Lipinski definition) is 2. The normalized spacial score (nSPS) is 14.3. The Labute approximate surface area is 354 Å². The number of nitrogens with zero attached hydrogens (tertiary/aromatic N) is 4. The van der Waals surface area contributed by atoms with Crippen LogP contribution in [0.4, 0.5) is 0 Å². The molecule has 5 aromatic carbocycles. The highest BCUT2D eigenvalue weighted by Crippen LogP contribution is 2.45. The molecule has 0 saturated carbocycles. The van der Waals surface area contributed by atoms with Crippen LogP contribution in [-0.4, -0.2) is 25.6 Å². The number of aromatic nitrogens is 4. The summed E-state index contributed by atoms with van der Waals surface area (Å²) in [7, 11) is 0. The Hall–Kier alpha value is -7.70. The first-order valence-electron chi connectivity index (χ1n) is 21.0. The Morgan fingerprint density at radius 1 is 0.803 bits per heavy atom. The van der Waals surface area contributed by atoms with E-state index in [1.165, 1.54) is 60.4 Å². The van der Waals surface area contributed by atoms with E-state index in [1.54, 1.807) is 6.08 Å². The third-order valence-corrected chi connectivity index (χ3v) is 12.4. The lowest BCUT2D eigenvalue weighted by Crippen LogP contribution is -2.11. The molecule has 3 N–H and O–H groups in total. The minimum atomic E-state index is 0.744. The van der Waals surface area contributed by atoms with Crippen molar-refractivity contribution < 1.29 is 0 Å². The molecular formula is C55H44N6. The van der Waals surface area contributed by atoms with Crippen LogP contribution in [0.25, 0.3) is 94.0 Å². The first kappa shape index (κ1) is 36.4. The van der Waals surface area contributed by atoms with Gasteiger partial charge < -0.3 is 20.2 Å². The van der Waals surface area contributed by atoms with Gasteiger partial charge in [-0.3, -0.25) is 4.98 Å². The molecular weight excluding hydrogens is 745 g/mol. The molecule has 1 aliphatic carbocycles. The molecule has 11 rings (SSSR count). The third kappa shape index (κ3) is 6.18. The second-order valence-corrected chi connectivity index (χ2v) is 16.1. The van der Waals surface area contributed by atoms with Crippen molar-refractivity contribution in [3.05, 3.63) is 199 Å². The maximum Gasteiger partial charge on any atom is 0.0709 e. The van der Waals surface area contributed by atoms with Crippen molar-refractivity contribution >= 4 is 65.9 Å². The van der Waals surface area contributed by atoms with Crippen LogP contribution in [0.15, 0.2) is 182 Å². The van der Waals surface area contributed by atoms with Gasteiger partial charge in [0.1, 0.15) is 0 Å². The van der Waals surface area contributed by atoms with Crippen molar-refractivity contribution in [1.29, 1.82) is 0 Å². The smallest absolute Gasteiger partial charge is 0.0709 e. The maximum atomic E-state index is 6.77. The van der Waals surface area contributed by atoms with Crippen LogP contribution >= 0.6 is 0 Å². The molecule has 2 aliphatic rings. The molecule has 0 saturated heterocycles. The van der Waals surface area contributed by atoms with Gasteiger partial charge in [0, 0.05) is 57.1 Å². The average Bonchev–Trinajstić information content (AvgIpc) is 3.82. The molecule has 6 nitrogen and oxygen atoms in total. The molecule has 0 spiro atoms. The van der Waals surface area contributed by atoms with Gasteiger partial charge in [-0.25, -0.2) is 4.98 Å². The van der Waals surface area contributed by atoms with Gasteiger partial charge in [0.2, 0.25) is 0 Å². The van der Waals surface area contributed by atoms with Crippen molar-refractivity contribution in [2.75, 3.05) is 6.54 Å². The number of dihydropyridines is 1. The quantitative estimate of drug-likeness (QED) is 0.150. The van der Waals surface area contributed by atoms with Gasteiger partial charge in [0.15, 0.2) is 0 Å². The summed E-state index contributed by atoms with van der Waals surface area (Å²) in [4.78, 5) is 9.65. The highest BCUT2D eigenvalue weighted by molar-refractivity contribution is 6.15. The van der Waals surface area contributed by atoms with Gasteiger partial charge >= 0.3 is 0 Å². The van der Waals surface area contributed by atoms with Crippen molar-refractivity contribution in [1.82, 2.24) is 24.4 Å². The lowest BCUT2D eigenvalue weighted by molar-refractivity contribution is 0.943. The van der Waals surface area contributed by atoms with E-state index >= 15 is 0 Å². The zero-order chi connectivity index (χ0) is 41.0. The number of rotatable bonds is 8. The predicted molar refractivity (Wildman–Crippen MR) is 256 cm³/mol. The number of aryl methyl sites for hydroxylation is 2. The number of allylic oxidation sites excluding steroid dienone is 8. The molecule has 61 heavy (non-hydrogen) atoms. The second kappa shape index (κ2) is 14.8. The molecule has 4 aromatic heterocycles. The van der Waals surface area contributed by atoms with Gasteiger partial charge in [0.05, 0.1) is 50.9 Å². The van der Waals surface area contributed by atoms with E-state index in [0.717, 1.165) is 81.6 Å². The Balaban J connectivity index is 1.10. The van der Waals surface area contributed by atoms with Crippen LogP contribution in [-0.2, 0) is 12.8 Å². The summed E-state index contributed by atoms with van der Waals surface area (Å²) in [6.45, 7) is 6.71. The number of benzene rings is 5. The number of pyridine rings is 2. The van der Waals surface area contributed by atoms with E-state index in [0.29, 0.717) is 0 Å². The monoisotopic (exact) mass is 788 g/mol. The summed E-state index contributed by atoms with van der Waals surface area (Å²) in [6.07, 6.45) is 23.1. The summed E-state index contributed by atoms with van der Waals surface area (Å²) < 4.78 is 4.82. The molecule has 0 atom stereocenters. The van der Waals surface area contributed by atoms with Gasteiger partial charge in [-0.2, -0.15) is 0 Å². The minimum Gasteiger partial charge on any atom is -0.398 e. The number of nitrogens with one attached hydrogen (secondary N) is 1. The summed E-state index contributed by atoms with van der Waals surface area (Å²) in [5.41, 5.74) is 25.0. The Bertz CT molecular complexity index is 3420. The molecule has 0 bridgehead atoms. The van der Waals surface area contributed by atoms with Gasteiger partial charge in [-0.05, 0) is 127 Å². The highest BCUT2D eigenvalue weighted by Gasteiger charge is 2.26. The lowest BCUT2D eigenvalue weighted by atomic mass is 9.83. The molecule has 294 valence electrons. The van der Waals surface area contributed by atoms with E-state index in [4.69, 9.17) is 10.7 Å². The van der Waals surface area contributed by atoms with Crippen LogP contribution in [0.5, 0.6) is 0 Å². The molecule has 0 unspecified atom stereocenters. The molecule has 1 aliphatic heterocycles. The largest absolute Gasteiger partial charge is 0.398 e. The first-order valence-corrected chi connectivity index (χ1v) is 21.0. The maximum absolute atomic E-state index is 6.77. The summed E-state index contributed by atoms with van der Waals surface area (Å²) >= 11 is 0. The fraction of sp³-hybridized carbons (Fsp3) is 0.0909. The standard InChI is InChI=1S/C55H44N6/c1-3-4-5-10-35(2)15-23-49(56)38-18-25-52-47(30-38)48-29-37-16-20-43-42(45(37)32-54(48)60(52)40-12-8-27-57-33-40)21-22-44-46-31-39(51-24-17-36-11-6-7-14-50(36)59-51)19-26-53(46)61(55(43)44)41-13-9-28-58-34-41/h3-9,11-15,17-19,21-26,28-34,57H,1,10,16,20,27,56H2,2H3/b5-4-,35-15-,49-23-. The summed E-state index contributed by atoms with van der Waals surface area (Å²) in [5.74, 6) is 0. The van der Waals surface area contributed by atoms with Crippen molar-refractivity contribution in [2.24, 2.45) is 5.73 Å². The van der Waals surface area contributed by atoms with Crippen LogP contribution < -0.4 is 11.1 Å². The molecule has 6 heteroatoms. The van der Waals surface area contributed by atoms with E-state index in [-0.39, 0.29) is 0 Å². The Morgan fingerprint density at radius 3 is 2.54 bits per heavy atom. The number of para-hydroxylation sites is 1. The van der Waals surface area contributed by atoms with E-state index < -0.39 is 0 Å². The highest BCUT2D eigenvalue weighted by atomic mass is 15.0. The predicted octanol–water partition coefficient (Wildman–Crippen LogP) is 12.6. The zero-order valence-corrected chi connectivity index (χ0v) is 34.1. The van der Waals surface area contributed by atoms with E-state index in [1.807, 2.05) is 30.6 Å². The lowest BCUT2D eigenvalue weighted by Gasteiger charge is -2.23. The second-order valence-electron chi connectivity index (χ2n) is 16.1. The number of hydrogen-bond acceptors (Lipinski definition) is 4. The first-order chi connectivity index (χ1) is 30.0. The Morgan fingerprint density at radius 2 is 1.67 bits per heavy atom. The van der Waals surface area contributed by atoms with Gasteiger partial charge in [-0.15, -0.1) is 0 Å². The van der Waals surface area contributed by atoms with E-state index in [2.05, 4.69) is 167 Å². The third-order valence-electron chi connectivity index (χ3n) is 12.4. The van der Waals surface area contributed by atoms with E-state index in [9.17, 15) is 0 Å². The van der Waals surface area contributed by atoms with Crippen molar-refractivity contribution in [3.63, 3.8) is 0 Å². The molecule has 5 heterocycles. The van der Waals surface area contributed by atoms with Crippen LogP contribution in [0.2, 0.25) is 0 Å². The zero-order valence-electron chi connectivity index (χ0n) is 34.1. The summed E-state index contributed by atoms with van der Waals surface area (Å²) in [6, 6.07) is 39.8. The van der Waals surface area contributed by atoms with Crippen molar-refractivity contribution in [3.8, 4) is 28.1 Å². The Kier molecular flexibility index (Phi) is 8.85. The fourth-order valence-electron chi connectivity index (χ4n) is 9.45. The van der Waals surface area contributed by atoms with Crippen LogP contribution in [0.3, 0.4) is 0 Å². The van der Waals surface area contributed by atoms with Gasteiger partial charge in [-0.1, -0.05) is 91.1 Å². The number of nitrogens with two attached hydrogens (primary N) is 1. The minimum absolute atomic E-state index is 0.744. The number of fused-ring (bicyclic) bond motifs is 11. The topological polar surface area (TPSA) is 73.7 Å². The SMILES string of the molecule is C=C/C=C\C/C(C)=C\C=C(/N)c1ccc2c(c1)c1cc3c(cc1n2C1=CNCC=C1)-c1ccc2c4cc(-c5ccc6ccccc6n5)ccc4n(-c4cccnc4)c2c1CC3. The fourth-order valence-corrected chi connectivity index (χ4v) is 9.45. The van der Waals surface area contributed by atoms with Gasteiger partial charge in [0.25, 0.3) is 0 Å².